The Bertz CT molecular complexity index is 201. The van der Waals surface area contributed by atoms with Crippen LogP contribution in [-0.4, -0.2) is 43.8 Å². The SMILES string of the molecule is FC(F)(F)C1CCN(CC2CNC2)C1. The van der Waals surface area contributed by atoms with Gasteiger partial charge in [-0.3, -0.25) is 0 Å². The zero-order chi connectivity index (χ0) is 10.2. The Labute approximate surface area is 81.5 Å². The summed E-state index contributed by atoms with van der Waals surface area (Å²) in [6, 6.07) is 0. The van der Waals surface area contributed by atoms with Gasteiger partial charge in [0.1, 0.15) is 0 Å². The second-order valence-electron chi connectivity index (χ2n) is 4.31. The van der Waals surface area contributed by atoms with E-state index in [0.29, 0.717) is 12.5 Å². The Morgan fingerprint density at radius 2 is 2.00 bits per heavy atom. The Kier molecular flexibility index (Phi) is 2.70. The summed E-state index contributed by atoms with van der Waals surface area (Å²) in [5, 5.41) is 3.13. The van der Waals surface area contributed by atoms with Crippen LogP contribution >= 0.6 is 0 Å². The first-order chi connectivity index (χ1) is 6.55. The first-order valence-electron chi connectivity index (χ1n) is 5.05. The van der Waals surface area contributed by atoms with Crippen LogP contribution in [-0.2, 0) is 0 Å². The van der Waals surface area contributed by atoms with E-state index in [1.807, 2.05) is 4.90 Å². The van der Waals surface area contributed by atoms with Crippen LogP contribution in [0.15, 0.2) is 0 Å². The summed E-state index contributed by atoms with van der Waals surface area (Å²) < 4.78 is 37.0. The predicted molar refractivity (Wildman–Crippen MR) is 47.0 cm³/mol. The lowest BCUT2D eigenvalue weighted by Crippen LogP contribution is -2.48. The molecule has 0 saturated carbocycles. The molecule has 2 nitrogen and oxygen atoms in total. The summed E-state index contributed by atoms with van der Waals surface area (Å²) in [5.74, 6) is -0.516. The number of hydrogen-bond donors (Lipinski definition) is 1. The van der Waals surface area contributed by atoms with Gasteiger partial charge in [0.05, 0.1) is 5.92 Å². The molecule has 2 aliphatic heterocycles. The molecule has 0 aromatic carbocycles. The summed E-state index contributed by atoms with van der Waals surface area (Å²) in [6.45, 7) is 3.58. The number of nitrogens with zero attached hydrogens (tertiary/aromatic N) is 1. The molecule has 0 bridgehead atoms. The largest absolute Gasteiger partial charge is 0.393 e. The fourth-order valence-electron chi connectivity index (χ4n) is 2.11. The molecular weight excluding hydrogens is 193 g/mol. The second kappa shape index (κ2) is 3.70. The van der Waals surface area contributed by atoms with Crippen LogP contribution in [0.5, 0.6) is 0 Å². The predicted octanol–water partition coefficient (Wildman–Crippen LogP) is 1.09. The van der Waals surface area contributed by atoms with Crippen LogP contribution in [0.1, 0.15) is 6.42 Å². The summed E-state index contributed by atoms with van der Waals surface area (Å²) in [4.78, 5) is 1.95. The normalized spacial score (nSPS) is 30.6. The number of nitrogens with one attached hydrogen (secondary N) is 1. The highest BCUT2D eigenvalue weighted by atomic mass is 19.4. The van der Waals surface area contributed by atoms with Crippen LogP contribution in [0.4, 0.5) is 13.2 Å². The van der Waals surface area contributed by atoms with E-state index in [2.05, 4.69) is 5.32 Å². The maximum atomic E-state index is 12.3. The van der Waals surface area contributed by atoms with Crippen molar-refractivity contribution < 1.29 is 13.2 Å². The molecule has 5 heteroatoms. The summed E-state index contributed by atoms with van der Waals surface area (Å²) in [7, 11) is 0. The van der Waals surface area contributed by atoms with Crippen molar-refractivity contribution in [1.29, 1.82) is 0 Å². The fraction of sp³-hybridized carbons (Fsp3) is 1.00. The van der Waals surface area contributed by atoms with Crippen molar-refractivity contribution in [2.45, 2.75) is 12.6 Å². The van der Waals surface area contributed by atoms with Crippen molar-refractivity contribution in [1.82, 2.24) is 10.2 Å². The van der Waals surface area contributed by atoms with Crippen molar-refractivity contribution in [2.24, 2.45) is 11.8 Å². The molecule has 2 rings (SSSR count). The van der Waals surface area contributed by atoms with Gasteiger partial charge in [-0.15, -0.1) is 0 Å². The van der Waals surface area contributed by atoms with Gasteiger partial charge in [0.25, 0.3) is 0 Å². The van der Waals surface area contributed by atoms with Gasteiger partial charge in [-0.1, -0.05) is 0 Å². The van der Waals surface area contributed by atoms with E-state index < -0.39 is 12.1 Å². The standard InChI is InChI=1S/C9H15F3N2/c10-9(11,12)8-1-2-14(6-8)5-7-3-13-4-7/h7-8,13H,1-6H2. The minimum absolute atomic E-state index is 0.208. The molecule has 14 heavy (non-hydrogen) atoms. The van der Waals surface area contributed by atoms with Crippen molar-refractivity contribution in [3.05, 3.63) is 0 Å². The van der Waals surface area contributed by atoms with Crippen LogP contribution in [0.2, 0.25) is 0 Å². The second-order valence-corrected chi connectivity index (χ2v) is 4.31. The number of hydrogen-bond acceptors (Lipinski definition) is 2. The Balaban J connectivity index is 1.76. The van der Waals surface area contributed by atoms with E-state index in [4.69, 9.17) is 0 Å². The third-order valence-electron chi connectivity index (χ3n) is 3.12. The quantitative estimate of drug-likeness (QED) is 0.730. The van der Waals surface area contributed by atoms with Crippen molar-refractivity contribution in [2.75, 3.05) is 32.7 Å². The first kappa shape index (κ1) is 10.2. The summed E-state index contributed by atoms with van der Waals surface area (Å²) in [6.07, 6.45) is -3.71. The third-order valence-corrected chi connectivity index (χ3v) is 3.12. The maximum absolute atomic E-state index is 12.3. The smallest absolute Gasteiger partial charge is 0.316 e. The van der Waals surface area contributed by atoms with Crippen LogP contribution in [0.25, 0.3) is 0 Å². The molecule has 0 amide bonds. The Morgan fingerprint density at radius 1 is 1.29 bits per heavy atom. The van der Waals surface area contributed by atoms with Gasteiger partial charge in [0.15, 0.2) is 0 Å². The molecule has 0 radical (unpaired) electrons. The molecule has 0 aromatic heterocycles. The van der Waals surface area contributed by atoms with Crippen LogP contribution in [0.3, 0.4) is 0 Å². The fourth-order valence-corrected chi connectivity index (χ4v) is 2.11. The molecule has 1 unspecified atom stereocenters. The van der Waals surface area contributed by atoms with E-state index in [1.54, 1.807) is 0 Å². The number of likely N-dealkylation sites (tertiary alicyclic amines) is 1. The zero-order valence-corrected chi connectivity index (χ0v) is 7.98. The number of halogens is 3. The van der Waals surface area contributed by atoms with E-state index in [1.165, 1.54) is 0 Å². The lowest BCUT2D eigenvalue weighted by atomic mass is 10.0. The van der Waals surface area contributed by atoms with E-state index in [-0.39, 0.29) is 13.0 Å². The highest BCUT2D eigenvalue weighted by Gasteiger charge is 2.43. The number of alkyl halides is 3. The van der Waals surface area contributed by atoms with Crippen molar-refractivity contribution in [3.63, 3.8) is 0 Å². The van der Waals surface area contributed by atoms with Gasteiger partial charge in [-0.2, -0.15) is 13.2 Å². The molecule has 1 atom stereocenters. The van der Waals surface area contributed by atoms with Gasteiger partial charge in [-0.25, -0.2) is 0 Å². The lowest BCUT2D eigenvalue weighted by Gasteiger charge is -2.31. The molecule has 0 aliphatic carbocycles. The molecule has 82 valence electrons. The zero-order valence-electron chi connectivity index (χ0n) is 7.98. The highest BCUT2D eigenvalue weighted by Crippen LogP contribution is 2.33. The average Bonchev–Trinajstić information content (AvgIpc) is 2.43. The first-order valence-corrected chi connectivity index (χ1v) is 5.05. The average molecular weight is 208 g/mol. The third kappa shape index (κ3) is 2.20. The van der Waals surface area contributed by atoms with Gasteiger partial charge in [-0.05, 0) is 18.9 Å². The maximum Gasteiger partial charge on any atom is 0.393 e. The molecule has 2 saturated heterocycles. The van der Waals surface area contributed by atoms with Crippen LogP contribution in [0, 0.1) is 11.8 Å². The van der Waals surface area contributed by atoms with E-state index >= 15 is 0 Å². The molecule has 2 heterocycles. The van der Waals surface area contributed by atoms with Crippen molar-refractivity contribution >= 4 is 0 Å². The molecule has 0 spiro atoms. The Hall–Kier alpha value is -0.290. The van der Waals surface area contributed by atoms with Gasteiger partial charge in [0.2, 0.25) is 0 Å². The van der Waals surface area contributed by atoms with E-state index in [0.717, 1.165) is 19.6 Å². The molecule has 1 N–H and O–H groups in total. The highest BCUT2D eigenvalue weighted by molar-refractivity contribution is 4.85. The van der Waals surface area contributed by atoms with Gasteiger partial charge in [0, 0.05) is 26.2 Å². The minimum Gasteiger partial charge on any atom is -0.316 e. The molecular formula is C9H15F3N2. The minimum atomic E-state index is -3.99. The Morgan fingerprint density at radius 3 is 2.43 bits per heavy atom. The van der Waals surface area contributed by atoms with Gasteiger partial charge < -0.3 is 10.2 Å². The lowest BCUT2D eigenvalue weighted by molar-refractivity contribution is -0.170. The summed E-state index contributed by atoms with van der Waals surface area (Å²) in [5.41, 5.74) is 0. The van der Waals surface area contributed by atoms with Crippen molar-refractivity contribution in [3.8, 4) is 0 Å². The monoisotopic (exact) mass is 208 g/mol. The molecule has 0 aromatic rings. The topological polar surface area (TPSA) is 15.3 Å². The van der Waals surface area contributed by atoms with Gasteiger partial charge >= 0.3 is 6.18 Å². The number of rotatable bonds is 2. The summed E-state index contributed by atoms with van der Waals surface area (Å²) >= 11 is 0. The molecule has 2 aliphatic rings. The van der Waals surface area contributed by atoms with Crippen LogP contribution < -0.4 is 5.32 Å². The van der Waals surface area contributed by atoms with E-state index in [9.17, 15) is 13.2 Å². The molecule has 2 fully saturated rings.